The largest absolute Gasteiger partial charge is 0.393 e. The molecule has 5 nitrogen and oxygen atoms in total. The molecular weight excluding hydrogens is 138 g/mol. The summed E-state index contributed by atoms with van der Waals surface area (Å²) in [7, 11) is 0. The highest BCUT2D eigenvalue weighted by atomic mass is 17.3. The second kappa shape index (κ2) is 3.97. The highest BCUT2D eigenvalue weighted by Crippen LogP contribution is 2.10. The first kappa shape index (κ1) is 9.06. The molecule has 0 fully saturated rings. The van der Waals surface area contributed by atoms with Gasteiger partial charge in [-0.25, -0.2) is 0 Å². The van der Waals surface area contributed by atoms with Crippen molar-refractivity contribution < 1.29 is 15.0 Å². The summed E-state index contributed by atoms with van der Waals surface area (Å²) in [6.45, 7) is 4.51. The third kappa shape index (κ3) is 2.56. The van der Waals surface area contributed by atoms with Crippen molar-refractivity contribution in [3.8, 4) is 0 Å². The van der Waals surface area contributed by atoms with Crippen LogP contribution >= 0.6 is 0 Å². The number of aliphatic hydroxyl groups excluding tert-OH is 1. The molecule has 0 bridgehead atoms. The standard InChI is InChI=1S/C5H9NO4/c1-3-5(2,4-7)9-10-6-8/h3,7H,1,4H2,2H3. The summed E-state index contributed by atoms with van der Waals surface area (Å²) < 4.78 is 0. The predicted molar refractivity (Wildman–Crippen MR) is 33.7 cm³/mol. The monoisotopic (exact) mass is 147 g/mol. The van der Waals surface area contributed by atoms with Gasteiger partial charge in [-0.05, 0) is 6.92 Å². The maximum Gasteiger partial charge on any atom is 0.190 e. The highest BCUT2D eigenvalue weighted by molar-refractivity contribution is 4.91. The molecular formula is C5H9NO4. The van der Waals surface area contributed by atoms with E-state index < -0.39 is 5.60 Å². The smallest absolute Gasteiger partial charge is 0.190 e. The third-order valence-corrected chi connectivity index (χ3v) is 1.00. The van der Waals surface area contributed by atoms with E-state index in [0.717, 1.165) is 0 Å². The van der Waals surface area contributed by atoms with Gasteiger partial charge in [0.15, 0.2) is 10.9 Å². The lowest BCUT2D eigenvalue weighted by atomic mass is 10.1. The number of nitrogens with zero attached hydrogens (tertiary/aromatic N) is 1. The summed E-state index contributed by atoms with van der Waals surface area (Å²) in [6, 6.07) is 0. The Balaban J connectivity index is 3.79. The van der Waals surface area contributed by atoms with Crippen molar-refractivity contribution in [2.45, 2.75) is 12.5 Å². The molecule has 58 valence electrons. The van der Waals surface area contributed by atoms with E-state index in [0.29, 0.717) is 0 Å². The zero-order valence-electron chi connectivity index (χ0n) is 5.61. The van der Waals surface area contributed by atoms with Crippen LogP contribution < -0.4 is 0 Å². The molecule has 1 unspecified atom stereocenters. The van der Waals surface area contributed by atoms with Gasteiger partial charge in [0, 0.05) is 0 Å². The molecule has 1 atom stereocenters. The van der Waals surface area contributed by atoms with Crippen LogP contribution in [-0.2, 0) is 9.88 Å². The Morgan fingerprint density at radius 3 is 2.80 bits per heavy atom. The van der Waals surface area contributed by atoms with Gasteiger partial charge in [0.2, 0.25) is 0 Å². The first-order chi connectivity index (χ1) is 4.68. The molecule has 0 heterocycles. The quantitative estimate of drug-likeness (QED) is 0.267. The lowest BCUT2D eigenvalue weighted by molar-refractivity contribution is -0.352. The van der Waals surface area contributed by atoms with E-state index in [-0.39, 0.29) is 6.61 Å². The van der Waals surface area contributed by atoms with Gasteiger partial charge in [0.25, 0.3) is 0 Å². The zero-order valence-corrected chi connectivity index (χ0v) is 5.61. The van der Waals surface area contributed by atoms with Crippen LogP contribution in [0.25, 0.3) is 0 Å². The summed E-state index contributed by atoms with van der Waals surface area (Å²) in [6.07, 6.45) is 1.30. The fraction of sp³-hybridized carbons (Fsp3) is 0.600. The van der Waals surface area contributed by atoms with Crippen molar-refractivity contribution >= 4 is 0 Å². The Bertz CT molecular complexity index is 127. The highest BCUT2D eigenvalue weighted by Gasteiger charge is 2.22. The molecule has 0 amide bonds. The Morgan fingerprint density at radius 2 is 2.50 bits per heavy atom. The van der Waals surface area contributed by atoms with Crippen molar-refractivity contribution in [3.63, 3.8) is 0 Å². The average molecular weight is 147 g/mol. The van der Waals surface area contributed by atoms with Gasteiger partial charge < -0.3 is 5.11 Å². The Kier molecular flexibility index (Phi) is 3.60. The molecule has 0 rings (SSSR count). The Labute approximate surface area is 58.1 Å². The molecule has 0 radical (unpaired) electrons. The molecule has 0 saturated carbocycles. The van der Waals surface area contributed by atoms with Gasteiger partial charge >= 0.3 is 0 Å². The van der Waals surface area contributed by atoms with Crippen LogP contribution in [0, 0.1) is 4.91 Å². The second-order valence-electron chi connectivity index (χ2n) is 1.91. The van der Waals surface area contributed by atoms with Crippen molar-refractivity contribution in [3.05, 3.63) is 17.6 Å². The van der Waals surface area contributed by atoms with Crippen molar-refractivity contribution in [2.75, 3.05) is 6.61 Å². The maximum absolute atomic E-state index is 9.37. The fourth-order valence-corrected chi connectivity index (χ4v) is 0.225. The molecule has 0 aromatic rings. The van der Waals surface area contributed by atoms with Crippen LogP contribution in [0.2, 0.25) is 0 Å². The van der Waals surface area contributed by atoms with Crippen LogP contribution in [0.5, 0.6) is 0 Å². The van der Waals surface area contributed by atoms with E-state index in [2.05, 4.69) is 16.5 Å². The Hall–Kier alpha value is -0.940. The molecule has 0 aliphatic heterocycles. The lowest BCUT2D eigenvalue weighted by Gasteiger charge is -2.17. The molecule has 5 heteroatoms. The maximum atomic E-state index is 9.37. The molecule has 0 spiro atoms. The molecule has 0 aromatic carbocycles. The summed E-state index contributed by atoms with van der Waals surface area (Å²) >= 11 is 0. The number of hydrogen-bond donors (Lipinski definition) is 1. The normalized spacial score (nSPS) is 15.4. The van der Waals surface area contributed by atoms with Crippen molar-refractivity contribution in [1.82, 2.24) is 0 Å². The van der Waals surface area contributed by atoms with Gasteiger partial charge in [0.05, 0.1) is 6.61 Å². The minimum Gasteiger partial charge on any atom is -0.393 e. The first-order valence-corrected chi connectivity index (χ1v) is 2.60. The van der Waals surface area contributed by atoms with E-state index in [1.165, 1.54) is 13.0 Å². The first-order valence-electron chi connectivity index (χ1n) is 2.60. The predicted octanol–water partition coefficient (Wildman–Crippen LogP) is 0.553. The van der Waals surface area contributed by atoms with Crippen molar-refractivity contribution in [2.24, 2.45) is 5.34 Å². The minimum absolute atomic E-state index is 0.327. The SMILES string of the molecule is C=CC(C)(CO)OON=O. The van der Waals surface area contributed by atoms with Crippen LogP contribution in [0.15, 0.2) is 18.0 Å². The topological polar surface area (TPSA) is 68.1 Å². The van der Waals surface area contributed by atoms with Gasteiger partial charge in [-0.15, -0.1) is 9.79 Å². The average Bonchev–Trinajstić information content (AvgIpc) is 2.00. The van der Waals surface area contributed by atoms with Gasteiger partial charge in [-0.2, -0.15) is 4.99 Å². The summed E-state index contributed by atoms with van der Waals surface area (Å²) in [5.74, 6) is 0. The molecule has 0 aliphatic carbocycles. The zero-order chi connectivity index (χ0) is 8.04. The summed E-state index contributed by atoms with van der Waals surface area (Å²) in [4.78, 5) is 17.4. The number of aliphatic hydroxyl groups is 1. The van der Waals surface area contributed by atoms with E-state index in [1.807, 2.05) is 5.34 Å². The van der Waals surface area contributed by atoms with Crippen LogP contribution in [0.4, 0.5) is 0 Å². The molecule has 0 saturated heterocycles. The summed E-state index contributed by atoms with van der Waals surface area (Å²) in [5.41, 5.74) is -1.06. The van der Waals surface area contributed by atoms with Gasteiger partial charge in [-0.3, -0.25) is 0 Å². The molecule has 0 aromatic heterocycles. The molecule has 0 aliphatic rings. The number of hydrogen-bond acceptors (Lipinski definition) is 5. The summed E-state index contributed by atoms with van der Waals surface area (Å²) in [5, 5.41) is 10.6. The fourth-order valence-electron chi connectivity index (χ4n) is 0.225. The van der Waals surface area contributed by atoms with Crippen LogP contribution in [0.1, 0.15) is 6.92 Å². The second-order valence-corrected chi connectivity index (χ2v) is 1.91. The van der Waals surface area contributed by atoms with E-state index >= 15 is 0 Å². The molecule has 1 N–H and O–H groups in total. The molecule has 10 heavy (non-hydrogen) atoms. The minimum atomic E-state index is -1.06. The lowest BCUT2D eigenvalue weighted by Crippen LogP contribution is -2.29. The third-order valence-electron chi connectivity index (χ3n) is 1.00. The van der Waals surface area contributed by atoms with E-state index in [9.17, 15) is 4.91 Å². The van der Waals surface area contributed by atoms with Crippen LogP contribution in [-0.4, -0.2) is 17.3 Å². The van der Waals surface area contributed by atoms with Crippen molar-refractivity contribution in [1.29, 1.82) is 0 Å². The van der Waals surface area contributed by atoms with Gasteiger partial charge in [-0.1, -0.05) is 12.7 Å². The number of rotatable bonds is 5. The Morgan fingerprint density at radius 1 is 1.90 bits per heavy atom. The van der Waals surface area contributed by atoms with Crippen LogP contribution in [0.3, 0.4) is 0 Å². The van der Waals surface area contributed by atoms with E-state index in [1.54, 1.807) is 0 Å². The van der Waals surface area contributed by atoms with Gasteiger partial charge in [0.1, 0.15) is 0 Å². The van der Waals surface area contributed by atoms with E-state index in [4.69, 9.17) is 5.11 Å².